The third kappa shape index (κ3) is 3.70. The SMILES string of the molecule is COc1cc(Cl)ccc1C(CCc1cccs1)NN. The van der Waals surface area contributed by atoms with Gasteiger partial charge in [0.15, 0.2) is 0 Å². The molecule has 1 heterocycles. The number of hydrazine groups is 1. The molecule has 0 aliphatic carbocycles. The maximum atomic E-state index is 5.97. The van der Waals surface area contributed by atoms with Gasteiger partial charge in [-0.3, -0.25) is 11.3 Å². The number of ether oxygens (including phenoxy) is 1. The predicted molar refractivity (Wildman–Crippen MR) is 80.7 cm³/mol. The Hall–Kier alpha value is -1.07. The number of halogens is 1. The quantitative estimate of drug-likeness (QED) is 0.633. The Kier molecular flexibility index (Phi) is 5.22. The molecular weight excluding hydrogens is 280 g/mol. The smallest absolute Gasteiger partial charge is 0.125 e. The molecule has 1 aromatic heterocycles. The van der Waals surface area contributed by atoms with Gasteiger partial charge in [-0.2, -0.15) is 0 Å². The first-order valence-electron chi connectivity index (χ1n) is 6.06. The Bertz CT molecular complexity index is 516. The second-order valence-electron chi connectivity index (χ2n) is 4.22. The fraction of sp³-hybridized carbons (Fsp3) is 0.286. The summed E-state index contributed by atoms with van der Waals surface area (Å²) in [5.41, 5.74) is 3.89. The summed E-state index contributed by atoms with van der Waals surface area (Å²) in [7, 11) is 1.64. The molecule has 0 amide bonds. The Labute approximate surface area is 122 Å². The standard InChI is InChI=1S/C14H17ClN2OS/c1-18-14-9-10(15)4-6-12(14)13(17-16)7-5-11-3-2-8-19-11/h2-4,6,8-9,13,17H,5,7,16H2,1H3. The zero-order chi connectivity index (χ0) is 13.7. The summed E-state index contributed by atoms with van der Waals surface area (Å²) in [5, 5.41) is 2.75. The second kappa shape index (κ2) is 6.91. The van der Waals surface area contributed by atoms with Crippen LogP contribution in [0.5, 0.6) is 5.75 Å². The van der Waals surface area contributed by atoms with Crippen molar-refractivity contribution in [1.82, 2.24) is 5.43 Å². The monoisotopic (exact) mass is 296 g/mol. The summed E-state index contributed by atoms with van der Waals surface area (Å²) >= 11 is 7.73. The van der Waals surface area contributed by atoms with Gasteiger partial charge in [0, 0.05) is 21.5 Å². The van der Waals surface area contributed by atoms with Crippen molar-refractivity contribution in [2.45, 2.75) is 18.9 Å². The number of benzene rings is 1. The summed E-state index contributed by atoms with van der Waals surface area (Å²) in [5.74, 6) is 6.44. The predicted octanol–water partition coefficient (Wildman–Crippen LogP) is 3.55. The number of hydrogen-bond donors (Lipinski definition) is 2. The van der Waals surface area contributed by atoms with E-state index in [2.05, 4.69) is 22.9 Å². The molecule has 0 saturated carbocycles. The highest BCUT2D eigenvalue weighted by Crippen LogP contribution is 2.30. The first-order chi connectivity index (χ1) is 9.24. The molecule has 102 valence electrons. The zero-order valence-electron chi connectivity index (χ0n) is 10.7. The number of aryl methyl sites for hydroxylation is 1. The van der Waals surface area contributed by atoms with Gasteiger partial charge >= 0.3 is 0 Å². The number of rotatable bonds is 6. The molecule has 0 spiro atoms. The molecule has 2 rings (SSSR count). The summed E-state index contributed by atoms with van der Waals surface area (Å²) in [6.45, 7) is 0. The van der Waals surface area contributed by atoms with E-state index in [9.17, 15) is 0 Å². The lowest BCUT2D eigenvalue weighted by atomic mass is 10.0. The van der Waals surface area contributed by atoms with E-state index in [4.69, 9.17) is 22.2 Å². The maximum Gasteiger partial charge on any atom is 0.125 e. The van der Waals surface area contributed by atoms with Crippen molar-refractivity contribution in [2.75, 3.05) is 7.11 Å². The van der Waals surface area contributed by atoms with Gasteiger partial charge in [-0.1, -0.05) is 23.7 Å². The van der Waals surface area contributed by atoms with E-state index in [0.717, 1.165) is 24.2 Å². The van der Waals surface area contributed by atoms with Gasteiger partial charge in [-0.05, 0) is 36.4 Å². The lowest BCUT2D eigenvalue weighted by Gasteiger charge is -2.19. The number of nitrogens with one attached hydrogen (secondary N) is 1. The van der Waals surface area contributed by atoms with Gasteiger partial charge < -0.3 is 4.74 Å². The molecule has 0 aliphatic heterocycles. The van der Waals surface area contributed by atoms with Crippen molar-refractivity contribution < 1.29 is 4.74 Å². The molecule has 0 fully saturated rings. The second-order valence-corrected chi connectivity index (χ2v) is 5.69. The average molecular weight is 297 g/mol. The van der Waals surface area contributed by atoms with Gasteiger partial charge in [0.2, 0.25) is 0 Å². The zero-order valence-corrected chi connectivity index (χ0v) is 12.3. The van der Waals surface area contributed by atoms with Crippen molar-refractivity contribution in [3.8, 4) is 5.75 Å². The highest BCUT2D eigenvalue weighted by atomic mass is 35.5. The third-order valence-corrected chi connectivity index (χ3v) is 4.20. The van der Waals surface area contributed by atoms with Crippen LogP contribution in [0.15, 0.2) is 35.7 Å². The van der Waals surface area contributed by atoms with Crippen LogP contribution in [0.1, 0.15) is 22.9 Å². The van der Waals surface area contributed by atoms with E-state index in [1.165, 1.54) is 4.88 Å². The van der Waals surface area contributed by atoms with E-state index in [1.807, 2.05) is 18.2 Å². The molecule has 0 bridgehead atoms. The highest BCUT2D eigenvalue weighted by Gasteiger charge is 2.15. The Morgan fingerprint density at radius 2 is 2.26 bits per heavy atom. The number of methoxy groups -OCH3 is 1. The minimum Gasteiger partial charge on any atom is -0.496 e. The number of nitrogens with two attached hydrogens (primary N) is 1. The van der Waals surface area contributed by atoms with Crippen LogP contribution in [0, 0.1) is 0 Å². The first kappa shape index (κ1) is 14.3. The number of hydrogen-bond acceptors (Lipinski definition) is 4. The third-order valence-electron chi connectivity index (χ3n) is 3.03. The Morgan fingerprint density at radius 1 is 1.42 bits per heavy atom. The van der Waals surface area contributed by atoms with Crippen LogP contribution in [-0.4, -0.2) is 7.11 Å². The van der Waals surface area contributed by atoms with E-state index < -0.39 is 0 Å². The molecule has 1 aromatic carbocycles. The van der Waals surface area contributed by atoms with E-state index in [0.29, 0.717) is 5.02 Å². The summed E-state index contributed by atoms with van der Waals surface area (Å²) < 4.78 is 5.37. The van der Waals surface area contributed by atoms with Gasteiger partial charge in [-0.15, -0.1) is 11.3 Å². The van der Waals surface area contributed by atoms with Gasteiger partial charge in [0.05, 0.1) is 7.11 Å². The highest BCUT2D eigenvalue weighted by molar-refractivity contribution is 7.09. The van der Waals surface area contributed by atoms with E-state index in [1.54, 1.807) is 18.4 Å². The van der Waals surface area contributed by atoms with E-state index >= 15 is 0 Å². The molecule has 19 heavy (non-hydrogen) atoms. The summed E-state index contributed by atoms with van der Waals surface area (Å²) in [6, 6.07) is 9.88. The molecule has 3 N–H and O–H groups in total. The van der Waals surface area contributed by atoms with Crippen LogP contribution in [0.25, 0.3) is 0 Å². The molecule has 0 aliphatic rings. The largest absolute Gasteiger partial charge is 0.496 e. The van der Waals surface area contributed by atoms with Crippen molar-refractivity contribution >= 4 is 22.9 Å². The minimum atomic E-state index is 0.0503. The van der Waals surface area contributed by atoms with Crippen LogP contribution in [0.3, 0.4) is 0 Å². The molecule has 5 heteroatoms. The van der Waals surface area contributed by atoms with Crippen LogP contribution >= 0.6 is 22.9 Å². The van der Waals surface area contributed by atoms with Crippen LogP contribution in [0.4, 0.5) is 0 Å². The fourth-order valence-corrected chi connectivity index (χ4v) is 2.93. The Balaban J connectivity index is 2.12. The van der Waals surface area contributed by atoms with Gasteiger partial charge in [0.25, 0.3) is 0 Å². The molecule has 0 radical (unpaired) electrons. The van der Waals surface area contributed by atoms with E-state index in [-0.39, 0.29) is 6.04 Å². The summed E-state index contributed by atoms with van der Waals surface area (Å²) in [6.07, 6.45) is 1.90. The summed E-state index contributed by atoms with van der Waals surface area (Å²) in [4.78, 5) is 1.35. The van der Waals surface area contributed by atoms with Crippen LogP contribution < -0.4 is 16.0 Å². The fourth-order valence-electron chi connectivity index (χ4n) is 2.04. The lowest BCUT2D eigenvalue weighted by molar-refractivity contribution is 0.396. The van der Waals surface area contributed by atoms with Crippen molar-refractivity contribution in [3.05, 3.63) is 51.2 Å². The molecule has 3 nitrogen and oxygen atoms in total. The van der Waals surface area contributed by atoms with Crippen molar-refractivity contribution in [2.24, 2.45) is 5.84 Å². The molecule has 2 aromatic rings. The maximum absolute atomic E-state index is 5.97. The average Bonchev–Trinajstić information content (AvgIpc) is 2.93. The minimum absolute atomic E-state index is 0.0503. The van der Waals surface area contributed by atoms with Crippen molar-refractivity contribution in [3.63, 3.8) is 0 Å². The lowest BCUT2D eigenvalue weighted by Crippen LogP contribution is -2.28. The van der Waals surface area contributed by atoms with Crippen LogP contribution in [0.2, 0.25) is 5.02 Å². The Morgan fingerprint density at radius 3 is 2.89 bits per heavy atom. The van der Waals surface area contributed by atoms with Gasteiger partial charge in [-0.25, -0.2) is 0 Å². The topological polar surface area (TPSA) is 47.3 Å². The van der Waals surface area contributed by atoms with Crippen molar-refractivity contribution in [1.29, 1.82) is 0 Å². The molecular formula is C14H17ClN2OS. The number of thiophene rings is 1. The molecule has 1 atom stereocenters. The van der Waals surface area contributed by atoms with Gasteiger partial charge in [0.1, 0.15) is 5.75 Å². The molecule has 0 saturated heterocycles. The first-order valence-corrected chi connectivity index (χ1v) is 7.32. The van der Waals surface area contributed by atoms with Crippen LogP contribution in [-0.2, 0) is 6.42 Å². The normalized spacial score (nSPS) is 12.4. The molecule has 1 unspecified atom stereocenters.